The number of hydrogen-bond donors (Lipinski definition) is 0. The first-order chi connectivity index (χ1) is 9.40. The summed E-state index contributed by atoms with van der Waals surface area (Å²) < 4.78 is 5.45. The Morgan fingerprint density at radius 3 is 2.53 bits per heavy atom. The number of ether oxygens (including phenoxy) is 1. The second-order valence-corrected chi connectivity index (χ2v) is 4.14. The minimum atomic E-state index is 0.567. The van der Waals surface area contributed by atoms with Crippen molar-refractivity contribution in [1.29, 1.82) is 5.26 Å². The van der Waals surface area contributed by atoms with Crippen molar-refractivity contribution in [2.75, 3.05) is 0 Å². The van der Waals surface area contributed by atoms with Gasteiger partial charge in [-0.15, -0.1) is 0 Å². The van der Waals surface area contributed by atoms with Crippen molar-refractivity contribution in [3.63, 3.8) is 0 Å². The minimum Gasteiger partial charge on any atom is -0.497 e. The molecule has 0 radical (unpaired) electrons. The first-order valence-electron chi connectivity index (χ1n) is 6.18. The molecule has 0 aliphatic carbocycles. The summed E-state index contributed by atoms with van der Waals surface area (Å²) in [7, 11) is 0. The monoisotopic (exact) mass is 249 g/mol. The van der Waals surface area contributed by atoms with Gasteiger partial charge in [-0.05, 0) is 29.7 Å². The van der Waals surface area contributed by atoms with Crippen LogP contribution in [0, 0.1) is 11.3 Å². The van der Waals surface area contributed by atoms with E-state index >= 15 is 0 Å². The molecule has 19 heavy (non-hydrogen) atoms. The fourth-order valence-corrected chi connectivity index (χ4v) is 1.77. The fourth-order valence-electron chi connectivity index (χ4n) is 1.77. The third-order valence-corrected chi connectivity index (χ3v) is 2.76. The number of rotatable bonds is 5. The predicted molar refractivity (Wildman–Crippen MR) is 75.2 cm³/mol. The van der Waals surface area contributed by atoms with Gasteiger partial charge in [0.25, 0.3) is 0 Å². The van der Waals surface area contributed by atoms with Crippen LogP contribution in [0.15, 0.2) is 66.9 Å². The molecule has 0 aliphatic heterocycles. The van der Waals surface area contributed by atoms with E-state index in [-0.39, 0.29) is 0 Å². The van der Waals surface area contributed by atoms with E-state index in [0.29, 0.717) is 13.0 Å². The minimum absolute atomic E-state index is 0.567. The smallest absolute Gasteiger partial charge is 0.112 e. The van der Waals surface area contributed by atoms with Gasteiger partial charge in [-0.25, -0.2) is 0 Å². The lowest BCUT2D eigenvalue weighted by Crippen LogP contribution is -1.88. The number of nitriles is 1. The van der Waals surface area contributed by atoms with Gasteiger partial charge in [0.05, 0.1) is 17.9 Å². The molecule has 0 saturated heterocycles. The lowest BCUT2D eigenvalue weighted by Gasteiger charge is -2.01. The van der Waals surface area contributed by atoms with Gasteiger partial charge in [-0.2, -0.15) is 5.26 Å². The molecule has 2 heteroatoms. The summed E-state index contributed by atoms with van der Waals surface area (Å²) >= 11 is 0. The lowest BCUT2D eigenvalue weighted by molar-refractivity contribution is 0.235. The molecule has 0 amide bonds. The normalized spacial score (nSPS) is 10.3. The van der Waals surface area contributed by atoms with E-state index in [1.54, 1.807) is 6.26 Å². The van der Waals surface area contributed by atoms with Crippen molar-refractivity contribution >= 4 is 0 Å². The summed E-state index contributed by atoms with van der Waals surface area (Å²) in [5.41, 5.74) is 2.88. The highest BCUT2D eigenvalue weighted by Gasteiger charge is 1.97. The predicted octanol–water partition coefficient (Wildman–Crippen LogP) is 3.83. The quantitative estimate of drug-likeness (QED) is 0.754. The van der Waals surface area contributed by atoms with Crippen molar-refractivity contribution in [2.24, 2.45) is 0 Å². The number of benzene rings is 2. The highest BCUT2D eigenvalue weighted by atomic mass is 16.5. The van der Waals surface area contributed by atoms with Crippen LogP contribution in [0.3, 0.4) is 0 Å². The van der Waals surface area contributed by atoms with Crippen LogP contribution in [0.4, 0.5) is 0 Å². The molecular weight excluding hydrogens is 234 g/mol. The van der Waals surface area contributed by atoms with Crippen LogP contribution < -0.4 is 0 Å². The van der Waals surface area contributed by atoms with Gasteiger partial charge >= 0.3 is 0 Å². The van der Waals surface area contributed by atoms with Gasteiger partial charge in [0.2, 0.25) is 0 Å². The largest absolute Gasteiger partial charge is 0.497 e. The van der Waals surface area contributed by atoms with E-state index < -0.39 is 0 Å². The van der Waals surface area contributed by atoms with Crippen LogP contribution in [0.2, 0.25) is 0 Å². The summed E-state index contributed by atoms with van der Waals surface area (Å²) in [4.78, 5) is 0. The first kappa shape index (κ1) is 12.9. The Kier molecular flexibility index (Phi) is 4.78. The van der Waals surface area contributed by atoms with E-state index in [9.17, 15) is 0 Å². The highest BCUT2D eigenvalue weighted by Crippen LogP contribution is 2.08. The molecule has 0 N–H and O–H groups in total. The molecule has 0 saturated carbocycles. The summed E-state index contributed by atoms with van der Waals surface area (Å²) in [5.74, 6) is 0. The van der Waals surface area contributed by atoms with Crippen LogP contribution >= 0.6 is 0 Å². The van der Waals surface area contributed by atoms with Gasteiger partial charge in [0, 0.05) is 0 Å². The van der Waals surface area contributed by atoms with Crippen molar-refractivity contribution in [1.82, 2.24) is 0 Å². The number of nitrogens with zero attached hydrogens (tertiary/aromatic N) is 1. The fraction of sp³-hybridized carbons (Fsp3) is 0.118. The van der Waals surface area contributed by atoms with E-state index in [1.807, 2.05) is 60.7 Å². The Labute approximate surface area is 113 Å². The first-order valence-corrected chi connectivity index (χ1v) is 6.18. The molecule has 2 aromatic carbocycles. The molecule has 2 aromatic rings. The Hall–Kier alpha value is -2.53. The Bertz CT molecular complexity index is 582. The Balaban J connectivity index is 1.83. The molecule has 0 bridgehead atoms. The van der Waals surface area contributed by atoms with E-state index in [2.05, 4.69) is 6.07 Å². The average Bonchev–Trinajstić information content (AvgIpc) is 2.48. The maximum Gasteiger partial charge on any atom is 0.112 e. The molecule has 0 aliphatic rings. The summed E-state index contributed by atoms with van der Waals surface area (Å²) in [5, 5.41) is 8.96. The second kappa shape index (κ2) is 7.03. The third-order valence-electron chi connectivity index (χ3n) is 2.76. The average molecular weight is 249 g/mol. The maximum absolute atomic E-state index is 8.96. The number of hydrogen-bond acceptors (Lipinski definition) is 2. The molecule has 0 atom stereocenters. The van der Waals surface area contributed by atoms with E-state index in [1.165, 1.54) is 0 Å². The van der Waals surface area contributed by atoms with Crippen LogP contribution in [0.25, 0.3) is 0 Å². The Morgan fingerprint density at radius 1 is 1.00 bits per heavy atom. The molecule has 2 nitrogen and oxygen atoms in total. The molecular formula is C17H15NO. The van der Waals surface area contributed by atoms with Gasteiger partial charge in [-0.3, -0.25) is 0 Å². The molecule has 2 rings (SSSR count). The van der Waals surface area contributed by atoms with Crippen molar-refractivity contribution in [3.05, 3.63) is 83.6 Å². The second-order valence-electron chi connectivity index (χ2n) is 4.14. The van der Waals surface area contributed by atoms with Gasteiger partial charge in [-0.1, -0.05) is 48.5 Å². The van der Waals surface area contributed by atoms with Gasteiger partial charge in [0.1, 0.15) is 6.61 Å². The summed E-state index contributed by atoms with van der Waals surface area (Å²) in [6.07, 6.45) is 4.33. The Morgan fingerprint density at radius 2 is 1.74 bits per heavy atom. The number of allylic oxidation sites excluding steroid dienone is 1. The standard InChI is InChI=1S/C17H15NO/c18-13-17-10-5-4-9-16(17)11-6-12-19-14-15-7-2-1-3-8-15/h1-10,12H,11,14H2/b12-6-. The summed E-state index contributed by atoms with van der Waals surface area (Å²) in [6, 6.07) is 19.8. The van der Waals surface area contributed by atoms with Crippen LogP contribution in [-0.2, 0) is 17.8 Å². The SMILES string of the molecule is N#Cc1ccccc1C/C=C\OCc1ccccc1. The molecule has 0 heterocycles. The molecule has 94 valence electrons. The zero-order valence-electron chi connectivity index (χ0n) is 10.6. The topological polar surface area (TPSA) is 33.0 Å². The van der Waals surface area contributed by atoms with Crippen LogP contribution in [0.1, 0.15) is 16.7 Å². The molecule has 0 spiro atoms. The van der Waals surface area contributed by atoms with E-state index in [0.717, 1.165) is 16.7 Å². The highest BCUT2D eigenvalue weighted by molar-refractivity contribution is 5.38. The third kappa shape index (κ3) is 4.01. The summed E-state index contributed by atoms with van der Waals surface area (Å²) in [6.45, 7) is 0.567. The molecule has 0 aromatic heterocycles. The lowest BCUT2D eigenvalue weighted by atomic mass is 10.1. The van der Waals surface area contributed by atoms with Crippen molar-refractivity contribution in [3.8, 4) is 6.07 Å². The maximum atomic E-state index is 8.96. The molecule has 0 unspecified atom stereocenters. The van der Waals surface area contributed by atoms with Gasteiger partial charge in [0.15, 0.2) is 0 Å². The van der Waals surface area contributed by atoms with Crippen LogP contribution in [0.5, 0.6) is 0 Å². The van der Waals surface area contributed by atoms with E-state index in [4.69, 9.17) is 10.00 Å². The van der Waals surface area contributed by atoms with Gasteiger partial charge < -0.3 is 4.74 Å². The zero-order valence-corrected chi connectivity index (χ0v) is 10.6. The van der Waals surface area contributed by atoms with Crippen molar-refractivity contribution < 1.29 is 4.74 Å². The zero-order chi connectivity index (χ0) is 13.3. The molecule has 0 fully saturated rings. The van der Waals surface area contributed by atoms with Crippen LogP contribution in [-0.4, -0.2) is 0 Å². The van der Waals surface area contributed by atoms with Crippen molar-refractivity contribution in [2.45, 2.75) is 13.0 Å².